The normalized spacial score (nSPS) is 16.1. The molecule has 8 heteroatoms. The maximum atomic E-state index is 13.3. The second-order valence-corrected chi connectivity index (χ2v) is 9.57. The number of carbonyl (C=O) groups excluding carboxylic acids is 2. The number of imidazole rings is 1. The van der Waals surface area contributed by atoms with Crippen molar-refractivity contribution in [2.75, 3.05) is 20.6 Å². The molecule has 0 fully saturated rings. The molecule has 29 heavy (non-hydrogen) atoms. The van der Waals surface area contributed by atoms with Crippen molar-refractivity contribution in [2.45, 2.75) is 53.2 Å². The maximum Gasteiger partial charge on any atom is 0.272 e. The van der Waals surface area contributed by atoms with Crippen LogP contribution in [0.15, 0.2) is 10.8 Å². The monoisotopic (exact) mass is 417 g/mol. The van der Waals surface area contributed by atoms with Crippen LogP contribution in [0.3, 0.4) is 0 Å². The minimum absolute atomic E-state index is 0.206. The summed E-state index contributed by atoms with van der Waals surface area (Å²) in [4.78, 5) is 32.7. The molecule has 2 amide bonds. The van der Waals surface area contributed by atoms with Crippen molar-refractivity contribution < 1.29 is 9.59 Å². The number of likely N-dealkylation sites (N-methyl/N-ethyl adjacent to an activating group) is 1. The van der Waals surface area contributed by atoms with Crippen molar-refractivity contribution in [3.8, 4) is 11.4 Å². The van der Waals surface area contributed by atoms with E-state index < -0.39 is 11.5 Å². The predicted octanol–water partition coefficient (Wildman–Crippen LogP) is 2.65. The SMILES string of the molecule is CNC(=O)[C@@H](NC(=O)c1nc(-c2cscc2C)n2c1CN(C)CCC2)C(C)(C)C. The smallest absolute Gasteiger partial charge is 0.272 e. The summed E-state index contributed by atoms with van der Waals surface area (Å²) < 4.78 is 2.18. The molecule has 2 N–H and O–H groups in total. The average Bonchev–Trinajstić information content (AvgIpc) is 3.16. The fraction of sp³-hybridized carbons (Fsp3) is 0.571. The van der Waals surface area contributed by atoms with Crippen molar-refractivity contribution in [1.82, 2.24) is 25.1 Å². The van der Waals surface area contributed by atoms with Crippen LogP contribution in [0.4, 0.5) is 0 Å². The number of nitrogens with zero attached hydrogens (tertiary/aromatic N) is 3. The third-order valence-electron chi connectivity index (χ3n) is 5.38. The predicted molar refractivity (Wildman–Crippen MR) is 116 cm³/mol. The number of fused-ring (bicyclic) bond motifs is 1. The van der Waals surface area contributed by atoms with Gasteiger partial charge in [0.1, 0.15) is 11.9 Å². The number of hydrogen-bond acceptors (Lipinski definition) is 5. The Kier molecular flexibility index (Phi) is 6.14. The highest BCUT2D eigenvalue weighted by Crippen LogP contribution is 2.30. The Morgan fingerprint density at radius 2 is 1.97 bits per heavy atom. The average molecular weight is 418 g/mol. The molecule has 1 aliphatic rings. The van der Waals surface area contributed by atoms with E-state index in [0.717, 1.165) is 42.2 Å². The number of carbonyl (C=O) groups is 2. The third kappa shape index (κ3) is 4.38. The number of aryl methyl sites for hydroxylation is 1. The summed E-state index contributed by atoms with van der Waals surface area (Å²) in [5.74, 6) is 0.334. The van der Waals surface area contributed by atoms with Crippen molar-refractivity contribution in [3.05, 3.63) is 27.7 Å². The van der Waals surface area contributed by atoms with Gasteiger partial charge in [-0.3, -0.25) is 9.59 Å². The van der Waals surface area contributed by atoms with Gasteiger partial charge in [-0.1, -0.05) is 20.8 Å². The molecule has 0 saturated heterocycles. The Morgan fingerprint density at radius 3 is 2.55 bits per heavy atom. The second kappa shape index (κ2) is 8.28. The number of nitrogens with one attached hydrogen (secondary N) is 2. The van der Waals surface area contributed by atoms with Crippen LogP contribution in [0.5, 0.6) is 0 Å². The molecular formula is C21H31N5O2S. The van der Waals surface area contributed by atoms with E-state index in [4.69, 9.17) is 4.98 Å². The number of amides is 2. The number of rotatable bonds is 4. The minimum Gasteiger partial charge on any atom is -0.357 e. The molecule has 0 saturated carbocycles. The lowest BCUT2D eigenvalue weighted by Crippen LogP contribution is -2.53. The Balaban J connectivity index is 2.04. The quantitative estimate of drug-likeness (QED) is 0.802. The molecule has 1 atom stereocenters. The van der Waals surface area contributed by atoms with Crippen LogP contribution in [-0.2, 0) is 17.9 Å². The summed E-state index contributed by atoms with van der Waals surface area (Å²) >= 11 is 1.64. The van der Waals surface area contributed by atoms with Crippen LogP contribution < -0.4 is 10.6 Å². The summed E-state index contributed by atoms with van der Waals surface area (Å²) in [7, 11) is 3.64. The molecule has 2 aromatic heterocycles. The topological polar surface area (TPSA) is 79.3 Å². The molecule has 7 nitrogen and oxygen atoms in total. The van der Waals surface area contributed by atoms with Crippen LogP contribution in [0.2, 0.25) is 0 Å². The van der Waals surface area contributed by atoms with Gasteiger partial charge in [0.25, 0.3) is 5.91 Å². The van der Waals surface area contributed by atoms with Crippen molar-refractivity contribution >= 4 is 23.2 Å². The van der Waals surface area contributed by atoms with E-state index in [9.17, 15) is 9.59 Å². The Bertz CT molecular complexity index is 909. The van der Waals surface area contributed by atoms with E-state index in [1.165, 1.54) is 0 Å². The molecule has 0 aromatic carbocycles. The van der Waals surface area contributed by atoms with Gasteiger partial charge in [0.15, 0.2) is 5.69 Å². The van der Waals surface area contributed by atoms with Crippen molar-refractivity contribution in [3.63, 3.8) is 0 Å². The van der Waals surface area contributed by atoms with Gasteiger partial charge in [-0.2, -0.15) is 11.3 Å². The summed E-state index contributed by atoms with van der Waals surface area (Å²) in [6, 6.07) is -0.646. The molecule has 158 valence electrons. The Hall–Kier alpha value is -2.19. The van der Waals surface area contributed by atoms with E-state index >= 15 is 0 Å². The van der Waals surface area contributed by atoms with Gasteiger partial charge < -0.3 is 20.1 Å². The zero-order chi connectivity index (χ0) is 21.3. The summed E-state index contributed by atoms with van der Waals surface area (Å²) in [6.45, 7) is 10.3. The first kappa shape index (κ1) is 21.5. The van der Waals surface area contributed by atoms with Crippen LogP contribution >= 0.6 is 11.3 Å². The Labute approximate surface area is 176 Å². The van der Waals surface area contributed by atoms with Gasteiger partial charge in [-0.25, -0.2) is 4.98 Å². The fourth-order valence-corrected chi connectivity index (χ4v) is 4.54. The zero-order valence-electron chi connectivity index (χ0n) is 18.1. The van der Waals surface area contributed by atoms with E-state index in [2.05, 4.69) is 44.8 Å². The van der Waals surface area contributed by atoms with Gasteiger partial charge in [0, 0.05) is 31.1 Å². The zero-order valence-corrected chi connectivity index (χ0v) is 18.9. The highest BCUT2D eigenvalue weighted by Gasteiger charge is 2.34. The molecule has 2 aromatic rings. The van der Waals surface area contributed by atoms with E-state index in [-0.39, 0.29) is 11.8 Å². The van der Waals surface area contributed by atoms with Crippen LogP contribution in [0, 0.1) is 12.3 Å². The fourth-order valence-electron chi connectivity index (χ4n) is 3.72. The first-order valence-electron chi connectivity index (χ1n) is 9.97. The van der Waals surface area contributed by atoms with Gasteiger partial charge in [0.2, 0.25) is 5.91 Å². The van der Waals surface area contributed by atoms with Gasteiger partial charge >= 0.3 is 0 Å². The highest BCUT2D eigenvalue weighted by atomic mass is 32.1. The van der Waals surface area contributed by atoms with Gasteiger partial charge in [0.05, 0.1) is 5.69 Å². The number of aromatic nitrogens is 2. The molecule has 0 spiro atoms. The first-order valence-corrected chi connectivity index (χ1v) is 10.9. The lowest BCUT2D eigenvalue weighted by atomic mass is 9.86. The molecule has 0 aliphatic carbocycles. The van der Waals surface area contributed by atoms with Gasteiger partial charge in [-0.15, -0.1) is 0 Å². The first-order chi connectivity index (χ1) is 13.6. The summed E-state index contributed by atoms with van der Waals surface area (Å²) in [5.41, 5.74) is 3.13. The maximum absolute atomic E-state index is 13.3. The standard InChI is InChI=1S/C21H31N5O2S/c1-13-11-29-12-14(13)18-23-16(15-10-25(6)8-7-9-26(15)18)19(27)24-17(20(28)22-5)21(2,3)4/h11-12,17H,7-10H2,1-6H3,(H,22,28)(H,24,27)/t17-/m1/s1. The van der Waals surface area contributed by atoms with Crippen LogP contribution in [-0.4, -0.2) is 52.9 Å². The molecule has 0 unspecified atom stereocenters. The molecule has 0 bridgehead atoms. The molecular weight excluding hydrogens is 386 g/mol. The van der Waals surface area contributed by atoms with Gasteiger partial charge in [-0.05, 0) is 43.3 Å². The number of thiophene rings is 1. The number of hydrogen-bond donors (Lipinski definition) is 2. The van der Waals surface area contributed by atoms with E-state index in [0.29, 0.717) is 12.2 Å². The summed E-state index contributed by atoms with van der Waals surface area (Å²) in [6.07, 6.45) is 1.000. The van der Waals surface area contributed by atoms with E-state index in [1.807, 2.05) is 20.8 Å². The summed E-state index contributed by atoms with van der Waals surface area (Å²) in [5, 5.41) is 9.78. The van der Waals surface area contributed by atoms with Crippen LogP contribution in [0.1, 0.15) is 48.9 Å². The lowest BCUT2D eigenvalue weighted by molar-refractivity contribution is -0.124. The molecule has 3 rings (SSSR count). The lowest BCUT2D eigenvalue weighted by Gasteiger charge is -2.29. The van der Waals surface area contributed by atoms with Crippen LogP contribution in [0.25, 0.3) is 11.4 Å². The molecule has 0 radical (unpaired) electrons. The van der Waals surface area contributed by atoms with Crippen molar-refractivity contribution in [2.24, 2.45) is 5.41 Å². The second-order valence-electron chi connectivity index (χ2n) is 8.83. The highest BCUT2D eigenvalue weighted by molar-refractivity contribution is 7.08. The Morgan fingerprint density at radius 1 is 1.24 bits per heavy atom. The largest absolute Gasteiger partial charge is 0.357 e. The third-order valence-corrected chi connectivity index (χ3v) is 6.24. The minimum atomic E-state index is -0.646. The van der Waals surface area contributed by atoms with E-state index in [1.54, 1.807) is 18.4 Å². The van der Waals surface area contributed by atoms with Crippen molar-refractivity contribution in [1.29, 1.82) is 0 Å². The molecule has 1 aliphatic heterocycles. The molecule has 3 heterocycles.